The number of carbonyl (C=O) groups excluding carboxylic acids is 1. The molecule has 0 saturated carbocycles. The van der Waals surface area contributed by atoms with Crippen LogP contribution in [0, 0.1) is 0 Å². The van der Waals surface area contributed by atoms with E-state index in [0.29, 0.717) is 12.4 Å². The maximum absolute atomic E-state index is 10.8. The molecule has 0 amide bonds. The van der Waals surface area contributed by atoms with Crippen LogP contribution in [0.1, 0.15) is 12.5 Å². The zero-order valence-corrected chi connectivity index (χ0v) is 11.3. The molecule has 2 rings (SSSR count). The summed E-state index contributed by atoms with van der Waals surface area (Å²) in [6.45, 7) is 1.89. The first-order valence-electron chi connectivity index (χ1n) is 6.37. The zero-order valence-electron chi connectivity index (χ0n) is 11.3. The normalized spacial score (nSPS) is 10.4. The van der Waals surface area contributed by atoms with Crippen molar-refractivity contribution in [1.82, 2.24) is 0 Å². The Hall–Kier alpha value is -2.55. The van der Waals surface area contributed by atoms with Crippen LogP contribution in [0.2, 0.25) is 0 Å². The second kappa shape index (κ2) is 7.14. The molecule has 0 radical (unpaired) electrons. The van der Waals surface area contributed by atoms with Crippen molar-refractivity contribution in [2.24, 2.45) is 0 Å². The molecule has 2 aromatic carbocycles. The molecule has 3 nitrogen and oxygen atoms in total. The van der Waals surface area contributed by atoms with Gasteiger partial charge in [0.05, 0.1) is 0 Å². The van der Waals surface area contributed by atoms with Crippen molar-refractivity contribution in [3.8, 4) is 11.5 Å². The quantitative estimate of drug-likeness (QED) is 0.612. The summed E-state index contributed by atoms with van der Waals surface area (Å²) >= 11 is 0. The molecule has 0 spiro atoms. The maximum atomic E-state index is 10.8. The molecule has 0 atom stereocenters. The average Bonchev–Trinajstić information content (AvgIpc) is 2.46. The van der Waals surface area contributed by atoms with E-state index in [0.717, 1.165) is 11.3 Å². The van der Waals surface area contributed by atoms with Gasteiger partial charge in [0.1, 0.15) is 18.1 Å². The number of ether oxygens (including phenoxy) is 2. The lowest BCUT2D eigenvalue weighted by Gasteiger charge is -2.02. The van der Waals surface area contributed by atoms with E-state index in [1.165, 1.54) is 6.92 Å². The largest absolute Gasteiger partial charge is 0.490 e. The summed E-state index contributed by atoms with van der Waals surface area (Å²) in [6.07, 6.45) is 3.90. The first kappa shape index (κ1) is 13.9. The molecule has 20 heavy (non-hydrogen) atoms. The molecule has 102 valence electrons. The van der Waals surface area contributed by atoms with E-state index in [9.17, 15) is 4.79 Å². The van der Waals surface area contributed by atoms with Crippen molar-refractivity contribution in [3.05, 3.63) is 66.2 Å². The molecular weight excluding hydrogens is 252 g/mol. The Kier molecular flexibility index (Phi) is 4.95. The topological polar surface area (TPSA) is 35.5 Å². The van der Waals surface area contributed by atoms with Crippen LogP contribution in [0.15, 0.2) is 60.7 Å². The van der Waals surface area contributed by atoms with Gasteiger partial charge in [-0.1, -0.05) is 36.4 Å². The summed E-state index contributed by atoms with van der Waals surface area (Å²) < 4.78 is 10.5. The third-order valence-electron chi connectivity index (χ3n) is 2.54. The van der Waals surface area contributed by atoms with Crippen molar-refractivity contribution in [2.45, 2.75) is 6.92 Å². The third kappa shape index (κ3) is 4.61. The maximum Gasteiger partial charge on any atom is 0.308 e. The SMILES string of the molecule is CC(=O)Oc1ccc(/C=C/COc2ccccc2)cc1. The van der Waals surface area contributed by atoms with Crippen LogP contribution >= 0.6 is 0 Å². The summed E-state index contributed by atoms with van der Waals surface area (Å²) in [6, 6.07) is 17.0. The van der Waals surface area contributed by atoms with Crippen LogP contribution in [-0.4, -0.2) is 12.6 Å². The van der Waals surface area contributed by atoms with Crippen LogP contribution in [0.4, 0.5) is 0 Å². The fourth-order valence-corrected chi connectivity index (χ4v) is 1.66. The van der Waals surface area contributed by atoms with Crippen molar-refractivity contribution in [2.75, 3.05) is 6.61 Å². The average molecular weight is 268 g/mol. The van der Waals surface area contributed by atoms with Gasteiger partial charge in [-0.25, -0.2) is 0 Å². The van der Waals surface area contributed by atoms with Crippen molar-refractivity contribution in [3.63, 3.8) is 0 Å². The van der Waals surface area contributed by atoms with Gasteiger partial charge in [0, 0.05) is 6.92 Å². The number of hydrogen-bond donors (Lipinski definition) is 0. The zero-order chi connectivity index (χ0) is 14.2. The Morgan fingerprint density at radius 3 is 2.35 bits per heavy atom. The van der Waals surface area contributed by atoms with Gasteiger partial charge < -0.3 is 9.47 Å². The molecule has 0 unspecified atom stereocenters. The van der Waals surface area contributed by atoms with Crippen molar-refractivity contribution in [1.29, 1.82) is 0 Å². The number of rotatable bonds is 5. The third-order valence-corrected chi connectivity index (χ3v) is 2.54. The highest BCUT2D eigenvalue weighted by molar-refractivity contribution is 5.69. The Bertz CT molecular complexity index is 571. The van der Waals surface area contributed by atoms with E-state index in [1.54, 1.807) is 12.1 Å². The summed E-state index contributed by atoms with van der Waals surface area (Å²) in [7, 11) is 0. The number of hydrogen-bond acceptors (Lipinski definition) is 3. The van der Waals surface area contributed by atoms with Gasteiger partial charge in [-0.15, -0.1) is 0 Å². The lowest BCUT2D eigenvalue weighted by molar-refractivity contribution is -0.131. The minimum atomic E-state index is -0.315. The monoisotopic (exact) mass is 268 g/mol. The first-order valence-corrected chi connectivity index (χ1v) is 6.37. The molecule has 0 aliphatic carbocycles. The van der Waals surface area contributed by atoms with Crippen LogP contribution in [-0.2, 0) is 4.79 Å². The van der Waals surface area contributed by atoms with E-state index in [1.807, 2.05) is 54.6 Å². The van der Waals surface area contributed by atoms with Crippen LogP contribution < -0.4 is 9.47 Å². The van der Waals surface area contributed by atoms with Gasteiger partial charge in [-0.2, -0.15) is 0 Å². The van der Waals surface area contributed by atoms with Gasteiger partial charge >= 0.3 is 5.97 Å². The first-order chi connectivity index (χ1) is 9.74. The second-order valence-corrected chi connectivity index (χ2v) is 4.19. The second-order valence-electron chi connectivity index (χ2n) is 4.19. The molecule has 0 bridgehead atoms. The van der Waals surface area contributed by atoms with Crippen molar-refractivity contribution >= 4 is 12.0 Å². The highest BCUT2D eigenvalue weighted by Gasteiger charge is 1.96. The molecular formula is C17H16O3. The van der Waals surface area contributed by atoms with Crippen molar-refractivity contribution < 1.29 is 14.3 Å². The highest BCUT2D eigenvalue weighted by Crippen LogP contribution is 2.13. The molecule has 0 aliphatic heterocycles. The molecule has 0 heterocycles. The van der Waals surface area contributed by atoms with Crippen LogP contribution in [0.5, 0.6) is 11.5 Å². The van der Waals surface area contributed by atoms with Gasteiger partial charge in [0.15, 0.2) is 0 Å². The Morgan fingerprint density at radius 1 is 1.00 bits per heavy atom. The summed E-state index contributed by atoms with van der Waals surface area (Å²) in [5, 5.41) is 0. The van der Waals surface area contributed by atoms with Crippen LogP contribution in [0.3, 0.4) is 0 Å². The number of benzene rings is 2. The minimum absolute atomic E-state index is 0.315. The van der Waals surface area contributed by atoms with E-state index in [-0.39, 0.29) is 5.97 Å². The molecule has 0 aromatic heterocycles. The Labute approximate surface area is 118 Å². The number of carbonyl (C=O) groups is 1. The highest BCUT2D eigenvalue weighted by atomic mass is 16.5. The predicted octanol–water partition coefficient (Wildman–Crippen LogP) is 3.70. The number of para-hydroxylation sites is 1. The van der Waals surface area contributed by atoms with E-state index >= 15 is 0 Å². The summed E-state index contributed by atoms with van der Waals surface area (Å²) in [4.78, 5) is 10.8. The van der Waals surface area contributed by atoms with E-state index in [4.69, 9.17) is 9.47 Å². The standard InChI is InChI=1S/C17H16O3/c1-14(18)20-17-11-9-15(10-12-17)6-5-13-19-16-7-3-2-4-8-16/h2-12H,13H2,1H3/b6-5+. The summed E-state index contributed by atoms with van der Waals surface area (Å²) in [5.74, 6) is 1.09. The predicted molar refractivity (Wildman–Crippen MR) is 78.7 cm³/mol. The van der Waals surface area contributed by atoms with E-state index < -0.39 is 0 Å². The summed E-state index contributed by atoms with van der Waals surface area (Å²) in [5.41, 5.74) is 1.03. The van der Waals surface area contributed by atoms with Gasteiger partial charge in [0.25, 0.3) is 0 Å². The van der Waals surface area contributed by atoms with Gasteiger partial charge in [0.2, 0.25) is 0 Å². The number of esters is 1. The molecule has 2 aromatic rings. The van der Waals surface area contributed by atoms with Gasteiger partial charge in [-0.3, -0.25) is 4.79 Å². The molecule has 0 fully saturated rings. The Morgan fingerprint density at radius 2 is 1.70 bits per heavy atom. The Balaban J connectivity index is 1.83. The molecule has 3 heteroatoms. The smallest absolute Gasteiger partial charge is 0.308 e. The lowest BCUT2D eigenvalue weighted by atomic mass is 10.2. The van der Waals surface area contributed by atoms with E-state index in [2.05, 4.69) is 0 Å². The fraction of sp³-hybridized carbons (Fsp3) is 0.118. The fourth-order valence-electron chi connectivity index (χ4n) is 1.66. The minimum Gasteiger partial charge on any atom is -0.490 e. The molecule has 0 aliphatic rings. The van der Waals surface area contributed by atoms with Crippen LogP contribution in [0.25, 0.3) is 6.08 Å². The van der Waals surface area contributed by atoms with Gasteiger partial charge in [-0.05, 0) is 35.9 Å². The molecule has 0 saturated heterocycles. The lowest BCUT2D eigenvalue weighted by Crippen LogP contribution is -2.00. The molecule has 0 N–H and O–H groups in total.